The van der Waals surface area contributed by atoms with E-state index in [1.54, 1.807) is 10.9 Å². The molecule has 2 aromatic rings. The fraction of sp³-hybridized carbons (Fsp3) is 0.538. The van der Waals surface area contributed by atoms with Gasteiger partial charge in [-0.2, -0.15) is 10.2 Å². The summed E-state index contributed by atoms with van der Waals surface area (Å²) in [6.07, 6.45) is 3.79. The molecule has 0 bridgehead atoms. The average molecular weight is 356 g/mol. The number of nitrogens with zero attached hydrogens (tertiary/aromatic N) is 5. The zero-order chi connectivity index (χ0) is 15.6. The van der Waals surface area contributed by atoms with Gasteiger partial charge in [-0.1, -0.05) is 0 Å². The van der Waals surface area contributed by atoms with Crippen LogP contribution in [0.3, 0.4) is 0 Å². The van der Waals surface area contributed by atoms with Crippen LogP contribution in [-0.4, -0.2) is 45.1 Å². The second kappa shape index (κ2) is 6.69. The van der Waals surface area contributed by atoms with E-state index in [0.29, 0.717) is 0 Å². The Kier molecular flexibility index (Phi) is 5.15. The molecule has 0 aromatic carbocycles. The predicted octanol–water partition coefficient (Wildman–Crippen LogP) is 0.802. The molecule has 0 aliphatic heterocycles. The molecule has 0 aliphatic rings. The van der Waals surface area contributed by atoms with Crippen LogP contribution in [0.4, 0.5) is 0 Å². The van der Waals surface area contributed by atoms with Crippen LogP contribution in [0.15, 0.2) is 16.9 Å². The summed E-state index contributed by atoms with van der Waals surface area (Å²) in [6.45, 7) is 3.68. The van der Waals surface area contributed by atoms with E-state index in [0.717, 1.165) is 34.5 Å². The van der Waals surface area contributed by atoms with Crippen LogP contribution in [0.1, 0.15) is 23.0 Å². The maximum Gasteiger partial charge on any atom is 0.0922 e. The minimum absolute atomic E-state index is 0.155. The molecule has 0 spiro atoms. The quantitative estimate of drug-likeness (QED) is 0.592. The lowest BCUT2D eigenvalue weighted by Gasteiger charge is -2.19. The summed E-state index contributed by atoms with van der Waals surface area (Å²) in [4.78, 5) is 2.12. The zero-order valence-electron chi connectivity index (χ0n) is 12.8. The Morgan fingerprint density at radius 3 is 2.71 bits per heavy atom. The minimum Gasteiger partial charge on any atom is -0.308 e. The first kappa shape index (κ1) is 16.2. The van der Waals surface area contributed by atoms with Crippen LogP contribution in [0.25, 0.3) is 0 Å². The first-order valence-electron chi connectivity index (χ1n) is 6.76. The van der Waals surface area contributed by atoms with E-state index in [-0.39, 0.29) is 6.04 Å². The number of nitrogens with two attached hydrogens (primary N) is 1. The summed E-state index contributed by atoms with van der Waals surface area (Å²) >= 11 is 3.57. The second-order valence-corrected chi connectivity index (χ2v) is 6.20. The summed E-state index contributed by atoms with van der Waals surface area (Å²) in [5, 5.41) is 8.83. The van der Waals surface area contributed by atoms with Crippen molar-refractivity contribution in [2.75, 3.05) is 20.6 Å². The van der Waals surface area contributed by atoms with Crippen LogP contribution in [0.5, 0.6) is 0 Å². The molecule has 1 unspecified atom stereocenters. The van der Waals surface area contributed by atoms with Gasteiger partial charge < -0.3 is 4.90 Å². The van der Waals surface area contributed by atoms with Crippen LogP contribution < -0.4 is 11.3 Å². The van der Waals surface area contributed by atoms with Gasteiger partial charge in [0.15, 0.2) is 0 Å². The third kappa shape index (κ3) is 3.52. The van der Waals surface area contributed by atoms with Crippen molar-refractivity contribution in [3.8, 4) is 0 Å². The van der Waals surface area contributed by atoms with E-state index >= 15 is 0 Å². The van der Waals surface area contributed by atoms with E-state index < -0.39 is 0 Å². The Labute approximate surface area is 133 Å². The van der Waals surface area contributed by atoms with Gasteiger partial charge in [-0.05, 0) is 36.9 Å². The molecule has 0 radical (unpaired) electrons. The fourth-order valence-corrected chi connectivity index (χ4v) is 2.87. The minimum atomic E-state index is -0.155. The highest BCUT2D eigenvalue weighted by molar-refractivity contribution is 9.10. The third-order valence-corrected chi connectivity index (χ3v) is 4.01. The summed E-state index contributed by atoms with van der Waals surface area (Å²) in [6, 6.07) is -0.155. The Morgan fingerprint density at radius 1 is 1.48 bits per heavy atom. The van der Waals surface area contributed by atoms with Crippen LogP contribution >= 0.6 is 15.9 Å². The number of aromatic nitrogens is 4. The first-order valence-corrected chi connectivity index (χ1v) is 7.55. The number of halogens is 1. The van der Waals surface area contributed by atoms with Crippen molar-refractivity contribution < 1.29 is 0 Å². The molecule has 0 fully saturated rings. The Bertz CT molecular complexity index is 602. The Balaban J connectivity index is 2.38. The topological polar surface area (TPSA) is 76.9 Å². The van der Waals surface area contributed by atoms with Crippen molar-refractivity contribution in [2.45, 2.75) is 19.5 Å². The summed E-state index contributed by atoms with van der Waals surface area (Å²) in [5.74, 6) is 5.81. The molecule has 0 aliphatic carbocycles. The number of aryl methyl sites for hydroxylation is 2. The summed E-state index contributed by atoms with van der Waals surface area (Å²) in [7, 11) is 5.99. The van der Waals surface area contributed by atoms with Crippen molar-refractivity contribution in [1.29, 1.82) is 0 Å². The monoisotopic (exact) mass is 355 g/mol. The van der Waals surface area contributed by atoms with Gasteiger partial charge in [-0.3, -0.25) is 15.2 Å². The normalized spacial score (nSPS) is 13.1. The highest BCUT2D eigenvalue weighted by Gasteiger charge is 2.24. The second-order valence-electron chi connectivity index (χ2n) is 5.35. The smallest absolute Gasteiger partial charge is 0.0922 e. The van der Waals surface area contributed by atoms with Crippen LogP contribution in [0.2, 0.25) is 0 Å². The van der Waals surface area contributed by atoms with Gasteiger partial charge in [0.2, 0.25) is 0 Å². The maximum absolute atomic E-state index is 5.81. The number of hydrogen-bond donors (Lipinski definition) is 2. The number of rotatable bonds is 6. The SMILES string of the molecule is Cc1nn(C)cc1C(NN)c1c(Br)cnn1CCN(C)C. The summed E-state index contributed by atoms with van der Waals surface area (Å²) in [5.41, 5.74) is 5.90. The molecule has 2 heterocycles. The van der Waals surface area contributed by atoms with Gasteiger partial charge in [0.05, 0.1) is 34.6 Å². The molecule has 0 amide bonds. The average Bonchev–Trinajstić information content (AvgIpc) is 2.93. The molecule has 8 heteroatoms. The van der Waals surface area contributed by atoms with Crippen LogP contribution in [0, 0.1) is 6.92 Å². The molecule has 0 saturated heterocycles. The molecular formula is C13H22BrN7. The van der Waals surface area contributed by atoms with Crippen molar-refractivity contribution in [3.05, 3.63) is 33.8 Å². The molecule has 2 rings (SSSR count). The lowest BCUT2D eigenvalue weighted by molar-refractivity contribution is 0.365. The molecule has 116 valence electrons. The van der Waals surface area contributed by atoms with Gasteiger partial charge in [-0.15, -0.1) is 0 Å². The predicted molar refractivity (Wildman–Crippen MR) is 85.6 cm³/mol. The van der Waals surface area contributed by atoms with Gasteiger partial charge in [-0.25, -0.2) is 5.43 Å². The standard InChI is InChI=1S/C13H22BrN7/c1-9-10(8-20(4)18-9)12(17-15)13-11(14)7-16-21(13)6-5-19(2)3/h7-8,12,17H,5-6,15H2,1-4H3. The Hall–Kier alpha value is -1.22. The van der Waals surface area contributed by atoms with E-state index in [2.05, 4.69) is 36.5 Å². The maximum atomic E-state index is 5.81. The van der Waals surface area contributed by atoms with Gasteiger partial charge in [0.25, 0.3) is 0 Å². The Morgan fingerprint density at radius 2 is 2.19 bits per heavy atom. The van der Waals surface area contributed by atoms with Gasteiger partial charge in [0.1, 0.15) is 0 Å². The third-order valence-electron chi connectivity index (χ3n) is 3.39. The molecule has 21 heavy (non-hydrogen) atoms. The molecule has 1 atom stereocenters. The van der Waals surface area contributed by atoms with E-state index in [9.17, 15) is 0 Å². The fourth-order valence-electron chi connectivity index (χ4n) is 2.35. The van der Waals surface area contributed by atoms with Crippen molar-refractivity contribution in [2.24, 2.45) is 12.9 Å². The molecule has 2 aromatic heterocycles. The summed E-state index contributed by atoms with van der Waals surface area (Å²) < 4.78 is 4.71. The van der Waals surface area contributed by atoms with E-state index in [1.165, 1.54) is 0 Å². The van der Waals surface area contributed by atoms with Crippen LogP contribution in [-0.2, 0) is 13.6 Å². The van der Waals surface area contributed by atoms with E-state index in [4.69, 9.17) is 5.84 Å². The van der Waals surface area contributed by atoms with E-state index in [1.807, 2.05) is 38.9 Å². The van der Waals surface area contributed by atoms with Crippen molar-refractivity contribution in [1.82, 2.24) is 29.9 Å². The molecular weight excluding hydrogens is 334 g/mol. The van der Waals surface area contributed by atoms with Crippen molar-refractivity contribution in [3.63, 3.8) is 0 Å². The first-order chi connectivity index (χ1) is 9.93. The van der Waals surface area contributed by atoms with Gasteiger partial charge >= 0.3 is 0 Å². The van der Waals surface area contributed by atoms with Gasteiger partial charge in [0, 0.05) is 25.4 Å². The number of nitrogens with one attached hydrogen (secondary N) is 1. The number of hydrogen-bond acceptors (Lipinski definition) is 5. The zero-order valence-corrected chi connectivity index (χ0v) is 14.4. The largest absolute Gasteiger partial charge is 0.308 e. The van der Waals surface area contributed by atoms with Crippen molar-refractivity contribution >= 4 is 15.9 Å². The molecule has 0 saturated carbocycles. The number of likely N-dealkylation sites (N-methyl/N-ethyl adjacent to an activating group) is 1. The lowest BCUT2D eigenvalue weighted by atomic mass is 10.1. The lowest BCUT2D eigenvalue weighted by Crippen LogP contribution is -2.32. The molecule has 3 N–H and O–H groups in total. The highest BCUT2D eigenvalue weighted by atomic mass is 79.9. The molecule has 7 nitrogen and oxygen atoms in total. The highest BCUT2D eigenvalue weighted by Crippen LogP contribution is 2.29. The number of hydrazine groups is 1.